The van der Waals surface area contributed by atoms with Crippen molar-refractivity contribution in [1.82, 2.24) is 0 Å². The molecule has 0 radical (unpaired) electrons. The van der Waals surface area contributed by atoms with Crippen LogP contribution in [0.5, 0.6) is 0 Å². The molecule has 0 aliphatic carbocycles. The van der Waals surface area contributed by atoms with Gasteiger partial charge in [-0.25, -0.2) is 0 Å². The van der Waals surface area contributed by atoms with E-state index < -0.39 is 21.2 Å². The fourth-order valence-corrected chi connectivity index (χ4v) is 68.0. The number of benzene rings is 1. The van der Waals surface area contributed by atoms with Gasteiger partial charge < -0.3 is 0 Å². The fourth-order valence-electron chi connectivity index (χ4n) is 3.26. The molecule has 0 amide bonds. The zero-order valence-corrected chi connectivity index (χ0v) is 16.7. The molecule has 3 heterocycles. The first-order valence-electron chi connectivity index (χ1n) is 5.77. The minimum absolute atomic E-state index is 1.46. The van der Waals surface area contributed by atoms with Crippen molar-refractivity contribution in [2.45, 2.75) is 32.3 Å². The summed E-state index contributed by atoms with van der Waals surface area (Å²) in [5, 5.41) is 5.85. The van der Waals surface area contributed by atoms with E-state index in [-0.39, 0.29) is 0 Å². The van der Waals surface area contributed by atoms with Crippen LogP contribution in [0.3, 0.4) is 0 Å². The van der Waals surface area contributed by atoms with Crippen LogP contribution in [0.25, 0.3) is 0 Å². The molecule has 1 fully saturated rings. The SMILES string of the molecule is C[As]12(Br)CC[As](C)(Br)(CC1)c1ccccc12. The molecule has 0 saturated carbocycles. The first kappa shape index (κ1) is 12.3. The molecule has 0 nitrogen and oxygen atoms in total. The summed E-state index contributed by atoms with van der Waals surface area (Å²) in [6.45, 7) is 0. The van der Waals surface area contributed by atoms with Crippen molar-refractivity contribution in [1.29, 1.82) is 0 Å². The van der Waals surface area contributed by atoms with E-state index in [9.17, 15) is 0 Å². The monoisotopic (exact) mass is 470 g/mol. The summed E-state index contributed by atoms with van der Waals surface area (Å²) in [6, 6.07) is 9.30. The minimum atomic E-state index is -2.29. The standard InChI is InChI=1S/C12H18As2Br2/c1-13(15)7-9-14(2,16,10-8-13)12-6-4-3-5-11(12)13/h3-6H,7-10H2,1-2H3. The number of fused-ring (bicyclic) bond motifs is 2. The van der Waals surface area contributed by atoms with E-state index in [4.69, 9.17) is 0 Å². The van der Waals surface area contributed by atoms with Gasteiger partial charge in [0.25, 0.3) is 0 Å². The molecule has 0 atom stereocenters. The molecule has 90 valence electrons. The Balaban J connectivity index is 2.41. The van der Waals surface area contributed by atoms with Gasteiger partial charge >= 0.3 is 114 Å². The van der Waals surface area contributed by atoms with Gasteiger partial charge in [-0.15, -0.1) is 0 Å². The van der Waals surface area contributed by atoms with Gasteiger partial charge in [-0.3, -0.25) is 0 Å². The Labute approximate surface area is 113 Å². The quantitative estimate of drug-likeness (QED) is 0.502. The van der Waals surface area contributed by atoms with E-state index in [2.05, 4.69) is 63.6 Å². The molecule has 3 aliphatic rings. The fraction of sp³-hybridized carbons (Fsp3) is 0.500. The van der Waals surface area contributed by atoms with E-state index in [0.717, 1.165) is 0 Å². The third-order valence-electron chi connectivity index (χ3n) is 4.74. The van der Waals surface area contributed by atoms with Crippen molar-refractivity contribution in [3.63, 3.8) is 0 Å². The van der Waals surface area contributed by atoms with Gasteiger partial charge in [0.05, 0.1) is 0 Å². The Hall–Kier alpha value is 1.30. The van der Waals surface area contributed by atoms with Crippen LogP contribution in [-0.4, -0.2) is 21.2 Å². The average Bonchev–Trinajstić information content (AvgIpc) is 2.24. The molecule has 16 heavy (non-hydrogen) atoms. The number of hydrogen-bond acceptors (Lipinski definition) is 0. The Morgan fingerprint density at radius 1 is 0.812 bits per heavy atom. The Kier molecular flexibility index (Phi) is 2.36. The summed E-state index contributed by atoms with van der Waals surface area (Å²) < 4.78 is 3.48. The van der Waals surface area contributed by atoms with E-state index in [0.29, 0.717) is 0 Å². The van der Waals surface area contributed by atoms with Gasteiger partial charge in [-0.2, -0.15) is 0 Å². The maximum absolute atomic E-state index is 4.27. The molecule has 1 aromatic rings. The molecule has 0 aromatic heterocycles. The summed E-state index contributed by atoms with van der Waals surface area (Å²) in [4.78, 5) is 0. The van der Waals surface area contributed by atoms with Gasteiger partial charge in [0.15, 0.2) is 0 Å². The van der Waals surface area contributed by atoms with Gasteiger partial charge in [-0.1, -0.05) is 0 Å². The molecule has 0 spiro atoms. The zero-order valence-electron chi connectivity index (χ0n) is 9.79. The molecule has 4 rings (SSSR count). The summed E-state index contributed by atoms with van der Waals surface area (Å²) in [6.07, 6.45) is 0. The van der Waals surface area contributed by atoms with Crippen LogP contribution in [0, 0.1) is 0 Å². The molecule has 1 aromatic carbocycles. The van der Waals surface area contributed by atoms with Crippen LogP contribution >= 0.6 is 27.9 Å². The Morgan fingerprint density at radius 2 is 1.12 bits per heavy atom. The summed E-state index contributed by atoms with van der Waals surface area (Å²) >= 11 is 8.54. The van der Waals surface area contributed by atoms with E-state index >= 15 is 0 Å². The second-order valence-electron chi connectivity index (χ2n) is 6.16. The second kappa shape index (κ2) is 3.06. The maximum atomic E-state index is 4.27. The molecule has 4 heteroatoms. The van der Waals surface area contributed by atoms with Crippen LogP contribution in [0.15, 0.2) is 24.3 Å². The van der Waals surface area contributed by atoms with Crippen molar-refractivity contribution >= 4 is 57.7 Å². The zero-order chi connectivity index (χ0) is 11.7. The first-order valence-corrected chi connectivity index (χ1v) is 25.5. The van der Waals surface area contributed by atoms with Crippen LogP contribution < -0.4 is 8.70 Å². The van der Waals surface area contributed by atoms with Crippen molar-refractivity contribution in [2.24, 2.45) is 0 Å². The number of rotatable bonds is 0. The Bertz CT molecular complexity index is 433. The van der Waals surface area contributed by atoms with Crippen LogP contribution in [0.1, 0.15) is 0 Å². The molecule has 1 saturated heterocycles. The molecule has 2 bridgehead atoms. The van der Waals surface area contributed by atoms with Crippen molar-refractivity contribution in [3.8, 4) is 0 Å². The van der Waals surface area contributed by atoms with E-state index in [1.54, 1.807) is 8.70 Å². The number of halogens is 2. The Morgan fingerprint density at radius 3 is 1.44 bits per heavy atom. The molecule has 0 N–H and O–H groups in total. The predicted molar refractivity (Wildman–Crippen MR) is 86.0 cm³/mol. The predicted octanol–water partition coefficient (Wildman–Crippen LogP) is 3.98. The summed E-state index contributed by atoms with van der Waals surface area (Å²) in [5.41, 5.74) is 5.15. The van der Waals surface area contributed by atoms with Crippen LogP contribution in [0.2, 0.25) is 32.3 Å². The molecule has 3 aliphatic heterocycles. The normalized spacial score (nSPS) is 36.0. The van der Waals surface area contributed by atoms with Gasteiger partial charge in [0.1, 0.15) is 0 Å². The topological polar surface area (TPSA) is 0 Å². The summed E-state index contributed by atoms with van der Waals surface area (Å²) in [7, 11) is -4.58. The second-order valence-corrected chi connectivity index (χ2v) is 49.3. The first-order chi connectivity index (χ1) is 7.22. The van der Waals surface area contributed by atoms with Gasteiger partial charge in [0.2, 0.25) is 0 Å². The van der Waals surface area contributed by atoms with E-state index in [1.165, 1.54) is 20.8 Å². The molecule has 0 unspecified atom stereocenters. The number of hydrogen-bond donors (Lipinski definition) is 0. The van der Waals surface area contributed by atoms with Gasteiger partial charge in [0, 0.05) is 0 Å². The third-order valence-corrected chi connectivity index (χ3v) is 39.1. The van der Waals surface area contributed by atoms with Crippen LogP contribution in [0.4, 0.5) is 0 Å². The van der Waals surface area contributed by atoms with Crippen molar-refractivity contribution in [3.05, 3.63) is 24.3 Å². The summed E-state index contributed by atoms with van der Waals surface area (Å²) in [5.74, 6) is 0. The van der Waals surface area contributed by atoms with Crippen molar-refractivity contribution in [2.75, 3.05) is 0 Å². The van der Waals surface area contributed by atoms with Gasteiger partial charge in [-0.05, 0) is 0 Å². The van der Waals surface area contributed by atoms with E-state index in [1.807, 2.05) is 0 Å². The van der Waals surface area contributed by atoms with Crippen LogP contribution in [-0.2, 0) is 0 Å². The third kappa shape index (κ3) is 1.46. The molecular weight excluding hydrogens is 454 g/mol. The van der Waals surface area contributed by atoms with Crippen molar-refractivity contribution < 1.29 is 0 Å². The molecular formula is C12H18As2Br2. The average molecular weight is 472 g/mol.